The SMILES string of the molecule is CC[C@H](C)Nc1ncccc1[C@@H]1CCCCN1C(=O)OC(C)(C)C. The van der Waals surface area contributed by atoms with Crippen LogP contribution in [0.1, 0.15) is 71.9 Å². The first kappa shape index (κ1) is 18.6. The largest absolute Gasteiger partial charge is 0.444 e. The summed E-state index contributed by atoms with van der Waals surface area (Å²) in [6, 6.07) is 4.38. The highest BCUT2D eigenvalue weighted by molar-refractivity contribution is 5.69. The van der Waals surface area contributed by atoms with E-state index >= 15 is 0 Å². The van der Waals surface area contributed by atoms with Crippen LogP contribution in [-0.4, -0.2) is 34.2 Å². The maximum atomic E-state index is 12.7. The first-order valence-electron chi connectivity index (χ1n) is 9.03. The van der Waals surface area contributed by atoms with Crippen molar-refractivity contribution in [3.63, 3.8) is 0 Å². The number of ether oxygens (including phenoxy) is 1. The zero-order valence-corrected chi connectivity index (χ0v) is 15.6. The number of hydrogen-bond donors (Lipinski definition) is 1. The molecule has 2 rings (SSSR count). The minimum atomic E-state index is -0.480. The molecule has 2 heterocycles. The van der Waals surface area contributed by atoms with Crippen molar-refractivity contribution in [2.45, 2.75) is 78.0 Å². The van der Waals surface area contributed by atoms with Crippen molar-refractivity contribution in [2.75, 3.05) is 11.9 Å². The third kappa shape index (κ3) is 4.86. The number of piperidine rings is 1. The summed E-state index contributed by atoms with van der Waals surface area (Å²) in [5.41, 5.74) is 0.606. The first-order valence-corrected chi connectivity index (χ1v) is 9.03. The van der Waals surface area contributed by atoms with Crippen LogP contribution in [0.15, 0.2) is 18.3 Å². The zero-order valence-electron chi connectivity index (χ0n) is 15.6. The van der Waals surface area contributed by atoms with Crippen molar-refractivity contribution in [3.05, 3.63) is 23.9 Å². The minimum Gasteiger partial charge on any atom is -0.444 e. The molecule has 1 saturated heterocycles. The third-order valence-corrected chi connectivity index (χ3v) is 4.32. The molecule has 0 saturated carbocycles. The van der Waals surface area contributed by atoms with E-state index in [2.05, 4.69) is 30.2 Å². The number of pyridine rings is 1. The van der Waals surface area contributed by atoms with Crippen LogP contribution in [0.3, 0.4) is 0 Å². The van der Waals surface area contributed by atoms with E-state index < -0.39 is 5.60 Å². The van der Waals surface area contributed by atoms with Gasteiger partial charge in [-0.2, -0.15) is 0 Å². The van der Waals surface area contributed by atoms with Gasteiger partial charge in [0.1, 0.15) is 11.4 Å². The van der Waals surface area contributed by atoms with E-state index in [1.165, 1.54) is 0 Å². The van der Waals surface area contributed by atoms with Crippen LogP contribution < -0.4 is 5.32 Å². The molecule has 1 fully saturated rings. The fourth-order valence-corrected chi connectivity index (χ4v) is 2.94. The second-order valence-corrected chi connectivity index (χ2v) is 7.58. The Hall–Kier alpha value is -1.78. The van der Waals surface area contributed by atoms with Gasteiger partial charge in [0.05, 0.1) is 6.04 Å². The Kier molecular flexibility index (Phi) is 6.08. The summed E-state index contributed by atoms with van der Waals surface area (Å²) in [7, 11) is 0. The Morgan fingerprint density at radius 2 is 2.21 bits per heavy atom. The van der Waals surface area contributed by atoms with E-state index in [1.54, 1.807) is 6.20 Å². The van der Waals surface area contributed by atoms with E-state index in [0.717, 1.165) is 43.6 Å². The minimum absolute atomic E-state index is 0.0221. The van der Waals surface area contributed by atoms with Gasteiger partial charge in [-0.05, 0) is 59.4 Å². The smallest absolute Gasteiger partial charge is 0.410 e. The van der Waals surface area contributed by atoms with Crippen molar-refractivity contribution >= 4 is 11.9 Å². The number of amides is 1. The molecular weight excluding hydrogens is 302 g/mol. The molecule has 134 valence electrons. The fraction of sp³-hybridized carbons (Fsp3) is 0.684. The van der Waals surface area contributed by atoms with E-state index in [-0.39, 0.29) is 12.1 Å². The highest BCUT2D eigenvalue weighted by Crippen LogP contribution is 2.35. The normalized spacial score (nSPS) is 19.7. The molecule has 0 aliphatic carbocycles. The van der Waals surface area contributed by atoms with Gasteiger partial charge in [-0.1, -0.05) is 13.0 Å². The Morgan fingerprint density at radius 3 is 2.88 bits per heavy atom. The van der Waals surface area contributed by atoms with Crippen molar-refractivity contribution in [1.82, 2.24) is 9.88 Å². The molecule has 0 spiro atoms. The maximum absolute atomic E-state index is 12.7. The van der Waals surface area contributed by atoms with E-state index in [9.17, 15) is 4.79 Å². The van der Waals surface area contributed by atoms with Crippen molar-refractivity contribution in [2.24, 2.45) is 0 Å². The summed E-state index contributed by atoms with van der Waals surface area (Å²) in [4.78, 5) is 19.0. The van der Waals surface area contributed by atoms with E-state index in [0.29, 0.717) is 6.04 Å². The van der Waals surface area contributed by atoms with Gasteiger partial charge in [-0.25, -0.2) is 9.78 Å². The lowest BCUT2D eigenvalue weighted by Crippen LogP contribution is -2.42. The van der Waals surface area contributed by atoms with Gasteiger partial charge in [-0.3, -0.25) is 0 Å². The fourth-order valence-electron chi connectivity index (χ4n) is 2.94. The quantitative estimate of drug-likeness (QED) is 0.863. The van der Waals surface area contributed by atoms with Crippen LogP contribution in [0, 0.1) is 0 Å². The van der Waals surface area contributed by atoms with Crippen LogP contribution in [0.2, 0.25) is 0 Å². The molecule has 0 radical (unpaired) electrons. The lowest BCUT2D eigenvalue weighted by atomic mass is 9.95. The summed E-state index contributed by atoms with van der Waals surface area (Å²) in [5, 5.41) is 3.48. The van der Waals surface area contributed by atoms with Gasteiger partial charge in [0.25, 0.3) is 0 Å². The van der Waals surface area contributed by atoms with Gasteiger partial charge in [0.15, 0.2) is 0 Å². The molecule has 1 N–H and O–H groups in total. The molecule has 0 aromatic carbocycles. The van der Waals surface area contributed by atoms with Gasteiger partial charge in [-0.15, -0.1) is 0 Å². The summed E-state index contributed by atoms with van der Waals surface area (Å²) < 4.78 is 5.62. The molecule has 5 nitrogen and oxygen atoms in total. The monoisotopic (exact) mass is 333 g/mol. The Balaban J connectivity index is 2.26. The van der Waals surface area contributed by atoms with Crippen molar-refractivity contribution in [3.8, 4) is 0 Å². The molecule has 1 aromatic rings. The average Bonchev–Trinajstić information content (AvgIpc) is 2.53. The third-order valence-electron chi connectivity index (χ3n) is 4.32. The van der Waals surface area contributed by atoms with E-state index in [1.807, 2.05) is 31.7 Å². The number of carbonyl (C=O) groups is 1. The summed E-state index contributed by atoms with van der Waals surface area (Å²) in [5.74, 6) is 0.882. The van der Waals surface area contributed by atoms with Crippen LogP contribution in [-0.2, 0) is 4.74 Å². The van der Waals surface area contributed by atoms with Crippen molar-refractivity contribution < 1.29 is 9.53 Å². The van der Waals surface area contributed by atoms with Gasteiger partial charge in [0, 0.05) is 24.3 Å². The first-order chi connectivity index (χ1) is 11.3. The summed E-state index contributed by atoms with van der Waals surface area (Å²) >= 11 is 0. The Morgan fingerprint density at radius 1 is 1.46 bits per heavy atom. The summed E-state index contributed by atoms with van der Waals surface area (Å²) in [6.07, 6.45) is 5.67. The number of likely N-dealkylation sites (tertiary alicyclic amines) is 1. The lowest BCUT2D eigenvalue weighted by molar-refractivity contribution is 0.00957. The van der Waals surface area contributed by atoms with Crippen LogP contribution in [0.25, 0.3) is 0 Å². The number of aromatic nitrogens is 1. The van der Waals surface area contributed by atoms with Gasteiger partial charge < -0.3 is 15.0 Å². The van der Waals surface area contributed by atoms with Gasteiger partial charge in [0.2, 0.25) is 0 Å². The molecule has 1 aliphatic rings. The predicted octanol–water partition coefficient (Wildman–Crippen LogP) is 4.75. The number of anilines is 1. The molecule has 0 bridgehead atoms. The molecule has 5 heteroatoms. The molecule has 0 unspecified atom stereocenters. The Labute approximate surface area is 145 Å². The molecule has 1 aromatic heterocycles. The number of hydrogen-bond acceptors (Lipinski definition) is 4. The molecule has 1 amide bonds. The van der Waals surface area contributed by atoms with Crippen molar-refractivity contribution in [1.29, 1.82) is 0 Å². The summed E-state index contributed by atoms with van der Waals surface area (Å²) in [6.45, 7) is 10.7. The number of carbonyl (C=O) groups excluding carboxylic acids is 1. The molecule has 24 heavy (non-hydrogen) atoms. The standard InChI is InChI=1S/C19H31N3O2/c1-6-14(2)21-17-15(10-9-12-20-17)16-11-7-8-13-22(16)18(23)24-19(3,4)5/h9-10,12,14,16H,6-8,11,13H2,1-5H3,(H,20,21)/t14-,16-/m0/s1. The lowest BCUT2D eigenvalue weighted by Gasteiger charge is -2.37. The zero-order chi connectivity index (χ0) is 17.7. The average molecular weight is 333 g/mol. The molecule has 2 atom stereocenters. The Bertz CT molecular complexity index is 554. The predicted molar refractivity (Wildman–Crippen MR) is 97.1 cm³/mol. The highest BCUT2D eigenvalue weighted by atomic mass is 16.6. The topological polar surface area (TPSA) is 54.5 Å². The second-order valence-electron chi connectivity index (χ2n) is 7.58. The number of rotatable bonds is 4. The highest BCUT2D eigenvalue weighted by Gasteiger charge is 2.33. The number of nitrogens with zero attached hydrogens (tertiary/aromatic N) is 2. The van der Waals surface area contributed by atoms with Crippen LogP contribution in [0.4, 0.5) is 10.6 Å². The number of nitrogens with one attached hydrogen (secondary N) is 1. The van der Waals surface area contributed by atoms with Gasteiger partial charge >= 0.3 is 6.09 Å². The molecule has 1 aliphatic heterocycles. The maximum Gasteiger partial charge on any atom is 0.410 e. The van der Waals surface area contributed by atoms with Crippen LogP contribution >= 0.6 is 0 Å². The second kappa shape index (κ2) is 7.86. The van der Waals surface area contributed by atoms with E-state index in [4.69, 9.17) is 4.74 Å². The molecular formula is C19H31N3O2. The van der Waals surface area contributed by atoms with Crippen LogP contribution in [0.5, 0.6) is 0 Å².